The van der Waals surface area contributed by atoms with E-state index in [0.29, 0.717) is 32.6 Å². The van der Waals surface area contributed by atoms with E-state index in [2.05, 4.69) is 23.2 Å². The Morgan fingerprint density at radius 3 is 2.47 bits per heavy atom. The number of likely N-dealkylation sites (tertiary alicyclic amines) is 1. The van der Waals surface area contributed by atoms with Crippen molar-refractivity contribution in [2.75, 3.05) is 32.8 Å². The second-order valence-corrected chi connectivity index (χ2v) is 9.81. The van der Waals surface area contributed by atoms with Crippen LogP contribution in [0.1, 0.15) is 52.0 Å². The Hall–Kier alpha value is -2.03. The quantitative estimate of drug-likeness (QED) is 0.603. The lowest BCUT2D eigenvalue weighted by Crippen LogP contribution is -2.74. The number of piperazine rings is 1. The minimum absolute atomic E-state index is 0. The number of aliphatic hydroxyl groups is 1. The van der Waals surface area contributed by atoms with Crippen LogP contribution in [0.3, 0.4) is 0 Å². The number of fused-ring (bicyclic) bond motifs is 1. The van der Waals surface area contributed by atoms with Crippen molar-refractivity contribution < 1.29 is 24.2 Å². The van der Waals surface area contributed by atoms with Crippen LogP contribution in [0.2, 0.25) is 0 Å². The van der Waals surface area contributed by atoms with Gasteiger partial charge in [-0.1, -0.05) is 33.3 Å². The van der Waals surface area contributed by atoms with Crippen LogP contribution in [0.15, 0.2) is 18.2 Å². The van der Waals surface area contributed by atoms with E-state index in [-0.39, 0.29) is 30.1 Å². The van der Waals surface area contributed by atoms with Crippen molar-refractivity contribution in [2.45, 2.75) is 70.7 Å². The Bertz CT molecular complexity index is 872. The molecule has 3 aliphatic heterocycles. The van der Waals surface area contributed by atoms with Crippen LogP contribution in [0.4, 0.5) is 0 Å². The molecule has 0 aliphatic carbocycles. The predicted octanol–water partition coefficient (Wildman–Crippen LogP) is 2.36. The summed E-state index contributed by atoms with van der Waals surface area (Å²) >= 11 is 0. The molecule has 1 spiro atoms. The van der Waals surface area contributed by atoms with Gasteiger partial charge in [0.2, 0.25) is 11.8 Å². The van der Waals surface area contributed by atoms with Crippen molar-refractivity contribution >= 4 is 24.2 Å². The number of rotatable bonds is 7. The molecular weight excluding hydrogens is 458 g/mol. The summed E-state index contributed by atoms with van der Waals surface area (Å²) in [6.45, 7) is 9.68. The zero-order chi connectivity index (χ0) is 23.6. The number of unbranched alkanes of at least 4 members (excludes halogenated alkanes) is 1. The molecule has 2 amide bonds. The Labute approximate surface area is 208 Å². The van der Waals surface area contributed by atoms with Crippen molar-refractivity contribution in [1.82, 2.24) is 15.1 Å². The number of ether oxygens (including phenoxy) is 2. The second-order valence-electron chi connectivity index (χ2n) is 9.81. The number of nitrogens with one attached hydrogen (secondary N) is 1. The van der Waals surface area contributed by atoms with Crippen LogP contribution in [0, 0.1) is 5.92 Å². The summed E-state index contributed by atoms with van der Waals surface area (Å²) in [5.74, 6) is 1.18. The summed E-state index contributed by atoms with van der Waals surface area (Å²) < 4.78 is 11.3. The molecule has 0 bridgehead atoms. The first-order valence-corrected chi connectivity index (χ1v) is 12.3. The smallest absolute Gasteiger partial charge is 0.248 e. The summed E-state index contributed by atoms with van der Waals surface area (Å²) in [7, 11) is 0. The Kier molecular flexibility index (Phi) is 8.71. The molecule has 0 unspecified atom stereocenters. The van der Waals surface area contributed by atoms with E-state index in [0.717, 1.165) is 49.5 Å². The molecule has 4 rings (SSSR count). The van der Waals surface area contributed by atoms with E-state index in [9.17, 15) is 14.7 Å². The third kappa shape index (κ3) is 5.14. The first-order valence-electron chi connectivity index (χ1n) is 12.3. The van der Waals surface area contributed by atoms with Crippen molar-refractivity contribution in [1.29, 1.82) is 0 Å². The Balaban J connectivity index is 0.00000324. The van der Waals surface area contributed by atoms with Crippen molar-refractivity contribution in [2.24, 2.45) is 5.92 Å². The number of hydrogen-bond acceptors (Lipinski definition) is 6. The van der Waals surface area contributed by atoms with Gasteiger partial charge in [0, 0.05) is 26.2 Å². The molecule has 2 fully saturated rings. The number of nitrogens with zero attached hydrogens (tertiary/aromatic N) is 2. The van der Waals surface area contributed by atoms with Gasteiger partial charge >= 0.3 is 0 Å². The average molecular weight is 496 g/mol. The topological polar surface area (TPSA) is 91.3 Å². The molecular formula is C25H38ClN3O5. The largest absolute Gasteiger partial charge is 0.486 e. The molecule has 0 radical (unpaired) electrons. The van der Waals surface area contributed by atoms with Gasteiger partial charge in [-0.15, -0.1) is 12.4 Å². The molecule has 0 aromatic heterocycles. The lowest BCUT2D eigenvalue weighted by atomic mass is 9.80. The highest BCUT2D eigenvalue weighted by atomic mass is 35.5. The van der Waals surface area contributed by atoms with E-state index in [1.54, 1.807) is 4.90 Å². The van der Waals surface area contributed by atoms with Crippen LogP contribution in [0.5, 0.6) is 11.5 Å². The first kappa shape index (κ1) is 26.6. The molecule has 2 N–H and O–H groups in total. The monoisotopic (exact) mass is 495 g/mol. The molecule has 2 atom stereocenters. The maximum Gasteiger partial charge on any atom is 0.248 e. The molecule has 3 aliphatic rings. The van der Waals surface area contributed by atoms with Gasteiger partial charge in [0.1, 0.15) is 24.8 Å². The van der Waals surface area contributed by atoms with Gasteiger partial charge < -0.3 is 24.8 Å². The highest BCUT2D eigenvalue weighted by Crippen LogP contribution is 2.36. The van der Waals surface area contributed by atoms with Crippen LogP contribution in [-0.2, 0) is 16.1 Å². The van der Waals surface area contributed by atoms with E-state index < -0.39 is 17.7 Å². The number of piperidine rings is 1. The zero-order valence-corrected chi connectivity index (χ0v) is 21.2. The van der Waals surface area contributed by atoms with Gasteiger partial charge in [0.05, 0.1) is 6.10 Å². The molecule has 3 heterocycles. The van der Waals surface area contributed by atoms with E-state index in [1.165, 1.54) is 0 Å². The summed E-state index contributed by atoms with van der Waals surface area (Å²) in [6.07, 6.45) is 2.06. The maximum atomic E-state index is 13.4. The molecule has 34 heavy (non-hydrogen) atoms. The third-order valence-electron chi connectivity index (χ3n) is 7.21. The van der Waals surface area contributed by atoms with Crippen molar-refractivity contribution in [3.05, 3.63) is 23.8 Å². The van der Waals surface area contributed by atoms with Crippen LogP contribution >= 0.6 is 12.4 Å². The molecule has 1 aromatic carbocycles. The third-order valence-corrected chi connectivity index (χ3v) is 7.21. The number of carbonyl (C=O) groups excluding carboxylic acids is 2. The fourth-order valence-corrected chi connectivity index (χ4v) is 5.12. The van der Waals surface area contributed by atoms with Crippen LogP contribution in [-0.4, -0.2) is 77.3 Å². The van der Waals surface area contributed by atoms with Crippen molar-refractivity contribution in [3.8, 4) is 11.5 Å². The first-order chi connectivity index (χ1) is 15.9. The van der Waals surface area contributed by atoms with Gasteiger partial charge in [0.15, 0.2) is 11.5 Å². The average Bonchev–Trinajstić information content (AvgIpc) is 2.82. The standard InChI is InChI=1S/C25H37N3O5.ClH/c1-4-5-10-28-23(30)21(22(29)17(2)3)26-24(31)25(28)8-11-27(12-9-25)16-18-6-7-19-20(15-18)33-14-13-32-19;/h6-7,15,17,21-22,29H,4-5,8-14,16H2,1-3H3,(H,26,31);1H/t21-,22+;/m0./s1. The highest BCUT2D eigenvalue weighted by Gasteiger charge is 2.54. The lowest BCUT2D eigenvalue weighted by Gasteiger charge is -2.52. The normalized spacial score (nSPS) is 23.0. The predicted molar refractivity (Wildman–Crippen MR) is 131 cm³/mol. The zero-order valence-electron chi connectivity index (χ0n) is 20.4. The fourth-order valence-electron chi connectivity index (χ4n) is 5.12. The van der Waals surface area contributed by atoms with Gasteiger partial charge in [-0.05, 0) is 42.9 Å². The number of halogens is 1. The second kappa shape index (κ2) is 11.1. The molecule has 2 saturated heterocycles. The van der Waals surface area contributed by atoms with Gasteiger partial charge in [0.25, 0.3) is 0 Å². The number of hydrogen-bond donors (Lipinski definition) is 2. The fraction of sp³-hybridized carbons (Fsp3) is 0.680. The summed E-state index contributed by atoms with van der Waals surface area (Å²) in [6, 6.07) is 5.17. The van der Waals surface area contributed by atoms with Gasteiger partial charge in [-0.2, -0.15) is 0 Å². The lowest BCUT2D eigenvalue weighted by molar-refractivity contribution is -0.165. The summed E-state index contributed by atoms with van der Waals surface area (Å²) in [5, 5.41) is 13.5. The SMILES string of the molecule is CCCCN1C(=O)[C@H]([C@H](O)C(C)C)NC(=O)C12CCN(Cc1ccc3c(c1)OCCO3)CC2.Cl. The van der Waals surface area contributed by atoms with Crippen molar-refractivity contribution in [3.63, 3.8) is 0 Å². The molecule has 8 nitrogen and oxygen atoms in total. The van der Waals surface area contributed by atoms with E-state index in [4.69, 9.17) is 9.47 Å². The number of carbonyl (C=O) groups is 2. The van der Waals surface area contributed by atoms with Gasteiger partial charge in [-0.25, -0.2) is 0 Å². The van der Waals surface area contributed by atoms with Gasteiger partial charge in [-0.3, -0.25) is 14.5 Å². The van der Waals surface area contributed by atoms with Crippen LogP contribution in [0.25, 0.3) is 0 Å². The molecule has 190 valence electrons. The minimum Gasteiger partial charge on any atom is -0.486 e. The van der Waals surface area contributed by atoms with E-state index >= 15 is 0 Å². The minimum atomic E-state index is -0.891. The van der Waals surface area contributed by atoms with Crippen LogP contribution < -0.4 is 14.8 Å². The highest BCUT2D eigenvalue weighted by molar-refractivity contribution is 6.00. The summed E-state index contributed by atoms with van der Waals surface area (Å²) in [5.41, 5.74) is 0.310. The van der Waals surface area contributed by atoms with E-state index in [1.807, 2.05) is 26.0 Å². The molecule has 0 saturated carbocycles. The number of benzene rings is 1. The number of aliphatic hydroxyl groups excluding tert-OH is 1. The maximum absolute atomic E-state index is 13.4. The number of amides is 2. The molecule has 1 aromatic rings. The summed E-state index contributed by atoms with van der Waals surface area (Å²) in [4.78, 5) is 30.9. The Morgan fingerprint density at radius 1 is 1.15 bits per heavy atom. The Morgan fingerprint density at radius 2 is 1.82 bits per heavy atom. The molecule has 9 heteroatoms.